The molecule has 1 aromatic heterocycles. The molecule has 0 atom stereocenters. The number of amides is 2. The second-order valence-electron chi connectivity index (χ2n) is 6.15. The van der Waals surface area contributed by atoms with Gasteiger partial charge in [-0.1, -0.05) is 12.1 Å². The van der Waals surface area contributed by atoms with Gasteiger partial charge in [-0.2, -0.15) is 13.2 Å². The molecule has 3 aromatic rings. The average molecular weight is 404 g/mol. The van der Waals surface area contributed by atoms with E-state index in [0.717, 1.165) is 16.9 Å². The van der Waals surface area contributed by atoms with Gasteiger partial charge in [0.25, 0.3) is 17.6 Å². The first kappa shape index (κ1) is 20.0. The number of carbonyl (C=O) groups is 2. The van der Waals surface area contributed by atoms with Crippen molar-refractivity contribution in [3.8, 4) is 5.69 Å². The lowest BCUT2D eigenvalue weighted by Crippen LogP contribution is -2.23. The van der Waals surface area contributed by atoms with Crippen LogP contribution in [0.2, 0.25) is 0 Å². The summed E-state index contributed by atoms with van der Waals surface area (Å²) in [7, 11) is 3.11. The molecular formula is C18H15F3N6O2. The molecule has 0 aliphatic carbocycles. The molecule has 0 radical (unpaired) electrons. The predicted molar refractivity (Wildman–Crippen MR) is 96.6 cm³/mol. The lowest BCUT2D eigenvalue weighted by atomic mass is 10.1. The van der Waals surface area contributed by atoms with Gasteiger partial charge in [0.05, 0.1) is 16.8 Å². The molecule has 1 N–H and O–H groups in total. The van der Waals surface area contributed by atoms with Gasteiger partial charge in [0, 0.05) is 19.8 Å². The average Bonchev–Trinajstić information content (AvgIpc) is 3.17. The van der Waals surface area contributed by atoms with Crippen molar-refractivity contribution < 1.29 is 22.8 Å². The molecule has 0 aliphatic heterocycles. The molecule has 1 heterocycles. The Morgan fingerprint density at radius 2 is 1.69 bits per heavy atom. The lowest BCUT2D eigenvalue weighted by Gasteiger charge is -2.12. The highest BCUT2D eigenvalue weighted by molar-refractivity contribution is 6.05. The molecule has 3 rings (SSSR count). The van der Waals surface area contributed by atoms with Crippen LogP contribution >= 0.6 is 0 Å². The summed E-state index contributed by atoms with van der Waals surface area (Å²) in [6, 6.07) is 10.5. The first-order chi connectivity index (χ1) is 13.7. The number of nitrogens with one attached hydrogen (secondary N) is 1. The van der Waals surface area contributed by atoms with E-state index in [4.69, 9.17) is 0 Å². The smallest absolute Gasteiger partial charge is 0.342 e. The van der Waals surface area contributed by atoms with Gasteiger partial charge >= 0.3 is 6.18 Å². The zero-order valence-corrected chi connectivity index (χ0v) is 15.3. The van der Waals surface area contributed by atoms with E-state index in [9.17, 15) is 22.8 Å². The highest BCUT2D eigenvalue weighted by Gasteiger charge is 2.34. The Labute approximate surface area is 162 Å². The number of anilines is 1. The number of hydrogen-bond donors (Lipinski definition) is 1. The van der Waals surface area contributed by atoms with E-state index in [1.165, 1.54) is 41.3 Å². The summed E-state index contributed by atoms with van der Waals surface area (Å²) >= 11 is 0. The van der Waals surface area contributed by atoms with Crippen molar-refractivity contribution in [2.24, 2.45) is 0 Å². The number of aromatic nitrogens is 4. The molecule has 0 aliphatic rings. The summed E-state index contributed by atoms with van der Waals surface area (Å²) in [6.45, 7) is 0. The van der Waals surface area contributed by atoms with Gasteiger partial charge in [-0.15, -0.1) is 15.0 Å². The molecule has 0 bridgehead atoms. The topological polar surface area (TPSA) is 93.0 Å². The highest BCUT2D eigenvalue weighted by atomic mass is 19.4. The van der Waals surface area contributed by atoms with E-state index in [-0.39, 0.29) is 11.5 Å². The van der Waals surface area contributed by atoms with Gasteiger partial charge in [0.1, 0.15) is 0 Å². The first-order valence-electron chi connectivity index (χ1n) is 8.26. The van der Waals surface area contributed by atoms with Crippen molar-refractivity contribution in [1.29, 1.82) is 0 Å². The third kappa shape index (κ3) is 4.39. The van der Waals surface area contributed by atoms with E-state index in [1.807, 2.05) is 0 Å². The number of carbonyl (C=O) groups excluding carboxylic acids is 2. The van der Waals surface area contributed by atoms with Crippen LogP contribution in [0.3, 0.4) is 0 Å². The van der Waals surface area contributed by atoms with Crippen LogP contribution in [-0.2, 0) is 6.18 Å². The van der Waals surface area contributed by atoms with Crippen molar-refractivity contribution in [3.63, 3.8) is 0 Å². The Hall–Kier alpha value is -3.76. The monoisotopic (exact) mass is 404 g/mol. The standard InChI is InChI=1S/C18H15F3N6O2/c1-26(2)17(29)15-23-25-27(24-15)12-9-7-11(8-10-12)22-16(28)13-5-3-4-6-14(13)18(19,20)21/h3-10H,1-2H3,(H,22,28). The summed E-state index contributed by atoms with van der Waals surface area (Å²) in [6.07, 6.45) is -4.64. The second-order valence-corrected chi connectivity index (χ2v) is 6.15. The Kier molecular flexibility index (Phi) is 5.31. The summed E-state index contributed by atoms with van der Waals surface area (Å²) in [5.41, 5.74) is -0.766. The van der Waals surface area contributed by atoms with Gasteiger partial charge in [-0.05, 0) is 41.6 Å². The van der Waals surface area contributed by atoms with Crippen LogP contribution in [0.25, 0.3) is 5.69 Å². The molecule has 2 amide bonds. The molecule has 0 unspecified atom stereocenters. The maximum Gasteiger partial charge on any atom is 0.417 e. The molecule has 0 saturated heterocycles. The first-order valence-corrected chi connectivity index (χ1v) is 8.26. The Morgan fingerprint density at radius 3 is 2.31 bits per heavy atom. The van der Waals surface area contributed by atoms with Crippen LogP contribution in [-0.4, -0.2) is 51.0 Å². The van der Waals surface area contributed by atoms with Crippen molar-refractivity contribution in [1.82, 2.24) is 25.1 Å². The zero-order valence-electron chi connectivity index (χ0n) is 15.3. The predicted octanol–water partition coefficient (Wildman–Crippen LogP) is 2.64. The zero-order chi connectivity index (χ0) is 21.2. The number of nitrogens with zero attached hydrogens (tertiary/aromatic N) is 5. The maximum absolute atomic E-state index is 13.1. The van der Waals surface area contributed by atoms with Gasteiger partial charge in [-0.3, -0.25) is 9.59 Å². The molecule has 2 aromatic carbocycles. The van der Waals surface area contributed by atoms with Gasteiger partial charge in [0.15, 0.2) is 0 Å². The van der Waals surface area contributed by atoms with Gasteiger partial charge < -0.3 is 10.2 Å². The minimum atomic E-state index is -4.64. The maximum atomic E-state index is 13.1. The Morgan fingerprint density at radius 1 is 1.03 bits per heavy atom. The van der Waals surface area contributed by atoms with E-state index in [1.54, 1.807) is 14.1 Å². The highest BCUT2D eigenvalue weighted by Crippen LogP contribution is 2.32. The molecule has 0 fully saturated rings. The number of benzene rings is 2. The lowest BCUT2D eigenvalue weighted by molar-refractivity contribution is -0.137. The number of halogens is 3. The molecular weight excluding hydrogens is 389 g/mol. The van der Waals surface area contributed by atoms with Crippen LogP contribution in [0.15, 0.2) is 48.5 Å². The number of alkyl halides is 3. The molecule has 29 heavy (non-hydrogen) atoms. The van der Waals surface area contributed by atoms with Crippen LogP contribution in [0, 0.1) is 0 Å². The third-order valence-corrected chi connectivity index (χ3v) is 3.84. The van der Waals surface area contributed by atoms with E-state index in [0.29, 0.717) is 5.69 Å². The Bertz CT molecular complexity index is 1040. The third-order valence-electron chi connectivity index (χ3n) is 3.84. The largest absolute Gasteiger partial charge is 0.417 e. The molecule has 0 saturated carbocycles. The van der Waals surface area contributed by atoms with Crippen molar-refractivity contribution in [2.45, 2.75) is 6.18 Å². The fraction of sp³-hybridized carbons (Fsp3) is 0.167. The van der Waals surface area contributed by atoms with Crippen molar-refractivity contribution in [2.75, 3.05) is 19.4 Å². The van der Waals surface area contributed by atoms with Crippen LogP contribution < -0.4 is 5.32 Å². The summed E-state index contributed by atoms with van der Waals surface area (Å²) in [5, 5.41) is 13.8. The SMILES string of the molecule is CN(C)C(=O)c1nnn(-c2ccc(NC(=O)c3ccccc3C(F)(F)F)cc2)n1. The van der Waals surface area contributed by atoms with Gasteiger partial charge in [0.2, 0.25) is 0 Å². The van der Waals surface area contributed by atoms with Gasteiger partial charge in [-0.25, -0.2) is 0 Å². The number of rotatable bonds is 4. The van der Waals surface area contributed by atoms with Crippen LogP contribution in [0.5, 0.6) is 0 Å². The second kappa shape index (κ2) is 7.70. The quantitative estimate of drug-likeness (QED) is 0.722. The van der Waals surface area contributed by atoms with Crippen molar-refractivity contribution >= 4 is 17.5 Å². The normalized spacial score (nSPS) is 11.2. The summed E-state index contributed by atoms with van der Waals surface area (Å²) in [4.78, 5) is 26.5. The Balaban J connectivity index is 1.77. The minimum absolute atomic E-state index is 0.0869. The summed E-state index contributed by atoms with van der Waals surface area (Å²) in [5.74, 6) is -1.39. The molecule has 11 heteroatoms. The van der Waals surface area contributed by atoms with E-state index in [2.05, 4.69) is 20.7 Å². The van der Waals surface area contributed by atoms with E-state index >= 15 is 0 Å². The summed E-state index contributed by atoms with van der Waals surface area (Å²) < 4.78 is 39.2. The fourth-order valence-corrected chi connectivity index (χ4v) is 2.41. The van der Waals surface area contributed by atoms with Crippen molar-refractivity contribution in [3.05, 3.63) is 65.5 Å². The van der Waals surface area contributed by atoms with E-state index < -0.39 is 29.1 Å². The minimum Gasteiger partial charge on any atom is -0.342 e. The molecule has 0 spiro atoms. The number of hydrogen-bond acceptors (Lipinski definition) is 5. The number of tetrazole rings is 1. The van der Waals surface area contributed by atoms with Crippen LogP contribution in [0.4, 0.5) is 18.9 Å². The molecule has 8 nitrogen and oxygen atoms in total. The fourth-order valence-electron chi connectivity index (χ4n) is 2.41. The molecule has 150 valence electrons. The van der Waals surface area contributed by atoms with Crippen LogP contribution in [0.1, 0.15) is 26.5 Å².